The molecule has 0 radical (unpaired) electrons. The number of pyridine rings is 1. The van der Waals surface area contributed by atoms with Crippen LogP contribution in [0.4, 0.5) is 5.82 Å². The second-order valence-electron chi connectivity index (χ2n) is 4.53. The molecule has 0 saturated heterocycles. The molecule has 2 aromatic rings. The van der Waals surface area contributed by atoms with Gasteiger partial charge in [-0.2, -0.15) is 0 Å². The molecule has 1 aromatic heterocycles. The van der Waals surface area contributed by atoms with E-state index in [-0.39, 0.29) is 11.9 Å². The summed E-state index contributed by atoms with van der Waals surface area (Å²) >= 11 is 0. The van der Waals surface area contributed by atoms with Gasteiger partial charge in [-0.05, 0) is 31.0 Å². The Labute approximate surface area is 112 Å². The van der Waals surface area contributed by atoms with E-state index in [1.165, 1.54) is 11.8 Å². The summed E-state index contributed by atoms with van der Waals surface area (Å²) in [5, 5.41) is 2.95. The van der Waals surface area contributed by atoms with Crippen molar-refractivity contribution >= 4 is 11.7 Å². The largest absolute Gasteiger partial charge is 0.384 e. The summed E-state index contributed by atoms with van der Waals surface area (Å²) in [6.45, 7) is 1.98. The van der Waals surface area contributed by atoms with Gasteiger partial charge in [0.2, 0.25) is 0 Å². The van der Waals surface area contributed by atoms with Crippen LogP contribution in [0.15, 0.2) is 48.7 Å². The summed E-state index contributed by atoms with van der Waals surface area (Å²) in [5.41, 5.74) is 7.29. The molecule has 0 aliphatic carbocycles. The van der Waals surface area contributed by atoms with E-state index in [0.717, 1.165) is 6.42 Å². The van der Waals surface area contributed by atoms with Gasteiger partial charge >= 0.3 is 0 Å². The lowest BCUT2D eigenvalue weighted by Gasteiger charge is -2.14. The second-order valence-corrected chi connectivity index (χ2v) is 4.53. The number of nitrogen functional groups attached to an aromatic ring is 1. The molecule has 19 heavy (non-hydrogen) atoms. The average molecular weight is 255 g/mol. The number of carbonyl (C=O) groups is 1. The summed E-state index contributed by atoms with van der Waals surface area (Å²) in [6, 6.07) is 13.4. The van der Waals surface area contributed by atoms with Gasteiger partial charge in [-0.25, -0.2) is 4.98 Å². The van der Waals surface area contributed by atoms with Crippen LogP contribution < -0.4 is 11.1 Å². The zero-order chi connectivity index (χ0) is 13.7. The highest BCUT2D eigenvalue weighted by Crippen LogP contribution is 2.06. The fourth-order valence-electron chi connectivity index (χ4n) is 1.92. The number of nitrogens with two attached hydrogens (primary N) is 1. The maximum atomic E-state index is 12.0. The Balaban J connectivity index is 1.95. The van der Waals surface area contributed by atoms with Crippen LogP contribution in [0.5, 0.6) is 0 Å². The lowest BCUT2D eigenvalue weighted by molar-refractivity contribution is 0.0940. The first-order chi connectivity index (χ1) is 9.15. The molecular weight excluding hydrogens is 238 g/mol. The number of aromatic nitrogens is 1. The lowest BCUT2D eigenvalue weighted by Crippen LogP contribution is -2.34. The molecule has 0 fully saturated rings. The third kappa shape index (κ3) is 3.81. The molecule has 98 valence electrons. The van der Waals surface area contributed by atoms with E-state index in [0.29, 0.717) is 11.4 Å². The zero-order valence-corrected chi connectivity index (χ0v) is 10.8. The number of nitrogens with one attached hydrogen (secondary N) is 1. The van der Waals surface area contributed by atoms with Crippen LogP contribution >= 0.6 is 0 Å². The van der Waals surface area contributed by atoms with Crippen LogP contribution in [-0.4, -0.2) is 16.9 Å². The van der Waals surface area contributed by atoms with Crippen LogP contribution in [0.1, 0.15) is 22.8 Å². The lowest BCUT2D eigenvalue weighted by atomic mass is 10.1. The summed E-state index contributed by atoms with van der Waals surface area (Å²) in [5.74, 6) is 0.223. The van der Waals surface area contributed by atoms with Crippen molar-refractivity contribution in [1.29, 1.82) is 0 Å². The standard InChI is InChI=1S/C15H17N3O/c1-11(9-12-5-3-2-4-6-12)18-15(19)13-7-8-17-14(16)10-13/h2-8,10-11H,9H2,1H3,(H2,16,17)(H,18,19). The fourth-order valence-corrected chi connectivity index (χ4v) is 1.92. The number of rotatable bonds is 4. The van der Waals surface area contributed by atoms with Gasteiger partial charge in [0.25, 0.3) is 5.91 Å². The number of benzene rings is 1. The van der Waals surface area contributed by atoms with Crippen molar-refractivity contribution in [3.63, 3.8) is 0 Å². The van der Waals surface area contributed by atoms with Crippen molar-refractivity contribution < 1.29 is 4.79 Å². The molecule has 0 aliphatic rings. The fraction of sp³-hybridized carbons (Fsp3) is 0.200. The van der Waals surface area contributed by atoms with Crippen molar-refractivity contribution in [2.75, 3.05) is 5.73 Å². The van der Waals surface area contributed by atoms with E-state index in [1.54, 1.807) is 12.1 Å². The molecule has 4 heteroatoms. The van der Waals surface area contributed by atoms with E-state index in [4.69, 9.17) is 5.73 Å². The van der Waals surface area contributed by atoms with Gasteiger partial charge < -0.3 is 11.1 Å². The number of nitrogens with zero attached hydrogens (tertiary/aromatic N) is 1. The van der Waals surface area contributed by atoms with E-state index in [2.05, 4.69) is 10.3 Å². The van der Waals surface area contributed by atoms with Gasteiger partial charge in [-0.3, -0.25) is 4.79 Å². The molecule has 2 rings (SSSR count). The third-order valence-electron chi connectivity index (χ3n) is 2.81. The minimum absolute atomic E-state index is 0.0595. The van der Waals surface area contributed by atoms with E-state index >= 15 is 0 Å². The van der Waals surface area contributed by atoms with Crippen molar-refractivity contribution in [1.82, 2.24) is 10.3 Å². The number of amides is 1. The van der Waals surface area contributed by atoms with Crippen LogP contribution in [0.3, 0.4) is 0 Å². The summed E-state index contributed by atoms with van der Waals surface area (Å²) in [4.78, 5) is 15.9. The predicted octanol–water partition coefficient (Wildman–Crippen LogP) is 2.02. The summed E-state index contributed by atoms with van der Waals surface area (Å²) < 4.78 is 0. The first-order valence-electron chi connectivity index (χ1n) is 6.21. The smallest absolute Gasteiger partial charge is 0.251 e. The van der Waals surface area contributed by atoms with Crippen molar-refractivity contribution in [2.24, 2.45) is 0 Å². The molecule has 1 atom stereocenters. The van der Waals surface area contributed by atoms with Gasteiger partial charge in [0, 0.05) is 17.8 Å². The van der Waals surface area contributed by atoms with Crippen LogP contribution in [-0.2, 0) is 6.42 Å². The average Bonchev–Trinajstić information content (AvgIpc) is 2.39. The van der Waals surface area contributed by atoms with Crippen molar-refractivity contribution in [3.8, 4) is 0 Å². The Morgan fingerprint density at radius 1 is 1.32 bits per heavy atom. The Morgan fingerprint density at radius 2 is 2.05 bits per heavy atom. The minimum Gasteiger partial charge on any atom is -0.384 e. The third-order valence-corrected chi connectivity index (χ3v) is 2.81. The van der Waals surface area contributed by atoms with Crippen LogP contribution in [0.2, 0.25) is 0 Å². The topological polar surface area (TPSA) is 68.0 Å². The monoisotopic (exact) mass is 255 g/mol. The SMILES string of the molecule is CC(Cc1ccccc1)NC(=O)c1ccnc(N)c1. The van der Waals surface area contributed by atoms with Gasteiger partial charge in [-0.15, -0.1) is 0 Å². The van der Waals surface area contributed by atoms with E-state index in [9.17, 15) is 4.79 Å². The molecule has 4 nitrogen and oxygen atoms in total. The van der Waals surface area contributed by atoms with Crippen LogP contribution in [0, 0.1) is 0 Å². The Morgan fingerprint density at radius 3 is 2.74 bits per heavy atom. The molecule has 1 unspecified atom stereocenters. The van der Waals surface area contributed by atoms with Crippen molar-refractivity contribution in [3.05, 3.63) is 59.8 Å². The minimum atomic E-state index is -0.127. The Bertz CT molecular complexity index is 554. The molecule has 1 amide bonds. The van der Waals surface area contributed by atoms with Gasteiger partial charge in [-0.1, -0.05) is 30.3 Å². The number of hydrogen-bond donors (Lipinski definition) is 2. The molecule has 0 bridgehead atoms. The van der Waals surface area contributed by atoms with Gasteiger partial charge in [0.05, 0.1) is 0 Å². The second kappa shape index (κ2) is 6.00. The number of anilines is 1. The van der Waals surface area contributed by atoms with Crippen molar-refractivity contribution in [2.45, 2.75) is 19.4 Å². The molecule has 1 heterocycles. The highest BCUT2D eigenvalue weighted by molar-refractivity contribution is 5.94. The quantitative estimate of drug-likeness (QED) is 0.878. The Kier molecular flexibility index (Phi) is 4.13. The molecular formula is C15H17N3O. The first kappa shape index (κ1) is 13.1. The van der Waals surface area contributed by atoms with Crippen LogP contribution in [0.25, 0.3) is 0 Å². The summed E-state index contributed by atoms with van der Waals surface area (Å²) in [6.07, 6.45) is 2.33. The zero-order valence-electron chi connectivity index (χ0n) is 10.8. The Hall–Kier alpha value is -2.36. The highest BCUT2D eigenvalue weighted by Gasteiger charge is 2.10. The molecule has 0 saturated carbocycles. The molecule has 1 aromatic carbocycles. The van der Waals surface area contributed by atoms with E-state index in [1.807, 2.05) is 37.3 Å². The van der Waals surface area contributed by atoms with Gasteiger partial charge in [0.1, 0.15) is 5.82 Å². The summed E-state index contributed by atoms with van der Waals surface area (Å²) in [7, 11) is 0. The molecule has 0 aliphatic heterocycles. The maximum absolute atomic E-state index is 12.0. The number of hydrogen-bond acceptors (Lipinski definition) is 3. The number of carbonyl (C=O) groups excluding carboxylic acids is 1. The van der Waals surface area contributed by atoms with E-state index < -0.39 is 0 Å². The maximum Gasteiger partial charge on any atom is 0.251 e. The molecule has 3 N–H and O–H groups in total. The molecule has 0 spiro atoms. The normalized spacial score (nSPS) is 11.8. The van der Waals surface area contributed by atoms with Gasteiger partial charge in [0.15, 0.2) is 0 Å². The highest BCUT2D eigenvalue weighted by atomic mass is 16.1. The predicted molar refractivity (Wildman–Crippen MR) is 75.7 cm³/mol. The first-order valence-corrected chi connectivity index (χ1v) is 6.21.